The Bertz CT molecular complexity index is 568. The fourth-order valence-electron chi connectivity index (χ4n) is 2.13. The van der Waals surface area contributed by atoms with Crippen LogP contribution in [0.2, 0.25) is 0 Å². The Morgan fingerprint density at radius 2 is 1.90 bits per heavy atom. The third-order valence-corrected chi connectivity index (χ3v) is 3.20. The van der Waals surface area contributed by atoms with Crippen LogP contribution >= 0.6 is 0 Å². The standard InChI is InChI=1S/C17H18FNO/c1-2-3-11-19(15-7-5-4-6-8-15)17-10-9-14(13-20)12-16(17)18/h4-10,12-13H,2-3,11H2,1H3. The maximum atomic E-state index is 14.2. The van der Waals surface area contributed by atoms with Gasteiger partial charge >= 0.3 is 0 Å². The van der Waals surface area contributed by atoms with Gasteiger partial charge in [-0.15, -0.1) is 0 Å². The van der Waals surface area contributed by atoms with Crippen LogP contribution in [0.3, 0.4) is 0 Å². The lowest BCUT2D eigenvalue weighted by Crippen LogP contribution is -2.19. The summed E-state index contributed by atoms with van der Waals surface area (Å²) in [7, 11) is 0. The van der Waals surface area contributed by atoms with Gasteiger partial charge in [0.2, 0.25) is 0 Å². The molecule has 20 heavy (non-hydrogen) atoms. The fraction of sp³-hybridized carbons (Fsp3) is 0.235. The Balaban J connectivity index is 2.38. The summed E-state index contributed by atoms with van der Waals surface area (Å²) in [6.07, 6.45) is 2.67. The fourth-order valence-corrected chi connectivity index (χ4v) is 2.13. The number of hydrogen-bond donors (Lipinski definition) is 0. The van der Waals surface area contributed by atoms with E-state index in [0.717, 1.165) is 25.1 Å². The molecule has 0 saturated heterocycles. The van der Waals surface area contributed by atoms with Gasteiger partial charge < -0.3 is 4.90 Å². The normalized spacial score (nSPS) is 10.3. The molecule has 0 fully saturated rings. The molecule has 0 aliphatic heterocycles. The van der Waals surface area contributed by atoms with Crippen molar-refractivity contribution in [1.29, 1.82) is 0 Å². The largest absolute Gasteiger partial charge is 0.339 e. The van der Waals surface area contributed by atoms with Gasteiger partial charge in [0.05, 0.1) is 5.69 Å². The van der Waals surface area contributed by atoms with Crippen LogP contribution in [0.4, 0.5) is 15.8 Å². The van der Waals surface area contributed by atoms with Crippen LogP contribution in [0.15, 0.2) is 48.5 Å². The molecule has 0 amide bonds. The summed E-state index contributed by atoms with van der Waals surface area (Å²) in [5.41, 5.74) is 1.82. The van der Waals surface area contributed by atoms with Crippen molar-refractivity contribution in [2.45, 2.75) is 19.8 Å². The summed E-state index contributed by atoms with van der Waals surface area (Å²) in [5.74, 6) is -0.366. The number of benzene rings is 2. The maximum absolute atomic E-state index is 14.2. The van der Waals surface area contributed by atoms with Crippen LogP contribution in [-0.4, -0.2) is 12.8 Å². The molecule has 0 spiro atoms. The summed E-state index contributed by atoms with van der Waals surface area (Å²) in [6, 6.07) is 14.3. The van der Waals surface area contributed by atoms with Gasteiger partial charge in [0.15, 0.2) is 0 Å². The number of rotatable bonds is 6. The highest BCUT2D eigenvalue weighted by Gasteiger charge is 2.13. The van der Waals surface area contributed by atoms with Crippen molar-refractivity contribution in [3.63, 3.8) is 0 Å². The number of carbonyl (C=O) groups is 1. The van der Waals surface area contributed by atoms with Crippen molar-refractivity contribution < 1.29 is 9.18 Å². The van der Waals surface area contributed by atoms with E-state index >= 15 is 0 Å². The molecule has 0 aliphatic rings. The number of para-hydroxylation sites is 1. The third kappa shape index (κ3) is 3.23. The summed E-state index contributed by atoms with van der Waals surface area (Å²) in [5, 5.41) is 0. The van der Waals surface area contributed by atoms with E-state index in [1.165, 1.54) is 6.07 Å². The van der Waals surface area contributed by atoms with Crippen LogP contribution in [0, 0.1) is 5.82 Å². The average Bonchev–Trinajstić information content (AvgIpc) is 2.50. The van der Waals surface area contributed by atoms with Crippen molar-refractivity contribution >= 4 is 17.7 Å². The number of anilines is 2. The molecule has 2 rings (SSSR count). The molecule has 0 saturated carbocycles. The molecule has 0 N–H and O–H groups in total. The Kier molecular flexibility index (Phi) is 4.88. The number of nitrogens with zero attached hydrogens (tertiary/aromatic N) is 1. The molecule has 2 aromatic carbocycles. The molecular weight excluding hydrogens is 253 g/mol. The molecule has 0 bridgehead atoms. The van der Waals surface area contributed by atoms with Crippen LogP contribution < -0.4 is 4.90 Å². The zero-order chi connectivity index (χ0) is 14.4. The van der Waals surface area contributed by atoms with Gasteiger partial charge in [-0.2, -0.15) is 0 Å². The van der Waals surface area contributed by atoms with Gasteiger partial charge in [-0.3, -0.25) is 4.79 Å². The Morgan fingerprint density at radius 1 is 1.15 bits per heavy atom. The molecular formula is C17H18FNO. The first-order valence-corrected chi connectivity index (χ1v) is 6.83. The van der Waals surface area contributed by atoms with Crippen molar-refractivity contribution in [1.82, 2.24) is 0 Å². The second-order valence-electron chi connectivity index (χ2n) is 4.67. The molecule has 0 aliphatic carbocycles. The molecule has 0 unspecified atom stereocenters. The molecule has 104 valence electrons. The predicted octanol–water partition coefficient (Wildman–Crippen LogP) is 4.58. The summed E-state index contributed by atoms with van der Waals surface area (Å²) >= 11 is 0. The lowest BCUT2D eigenvalue weighted by atomic mass is 10.1. The first-order valence-electron chi connectivity index (χ1n) is 6.83. The molecule has 2 aromatic rings. The Labute approximate surface area is 118 Å². The van der Waals surface area contributed by atoms with E-state index in [4.69, 9.17) is 0 Å². The number of carbonyl (C=O) groups excluding carboxylic acids is 1. The van der Waals surface area contributed by atoms with E-state index in [1.807, 2.05) is 35.2 Å². The number of unbranched alkanes of at least 4 members (excludes halogenated alkanes) is 1. The van der Waals surface area contributed by atoms with E-state index in [0.29, 0.717) is 17.5 Å². The zero-order valence-corrected chi connectivity index (χ0v) is 11.6. The van der Waals surface area contributed by atoms with E-state index < -0.39 is 0 Å². The summed E-state index contributed by atoms with van der Waals surface area (Å²) in [6.45, 7) is 2.85. The highest BCUT2D eigenvalue weighted by Crippen LogP contribution is 2.28. The molecule has 0 atom stereocenters. The minimum atomic E-state index is -0.366. The van der Waals surface area contributed by atoms with Crippen LogP contribution in [-0.2, 0) is 0 Å². The van der Waals surface area contributed by atoms with Crippen LogP contribution in [0.1, 0.15) is 30.1 Å². The highest BCUT2D eigenvalue weighted by atomic mass is 19.1. The van der Waals surface area contributed by atoms with Crippen molar-refractivity contribution in [3.8, 4) is 0 Å². The molecule has 0 radical (unpaired) electrons. The zero-order valence-electron chi connectivity index (χ0n) is 11.6. The minimum Gasteiger partial charge on any atom is -0.339 e. The van der Waals surface area contributed by atoms with Gasteiger partial charge in [0.1, 0.15) is 12.1 Å². The van der Waals surface area contributed by atoms with Crippen molar-refractivity contribution in [2.24, 2.45) is 0 Å². The summed E-state index contributed by atoms with van der Waals surface area (Å²) in [4.78, 5) is 12.7. The van der Waals surface area contributed by atoms with Gasteiger partial charge in [0, 0.05) is 17.8 Å². The Morgan fingerprint density at radius 3 is 2.50 bits per heavy atom. The highest BCUT2D eigenvalue weighted by molar-refractivity contribution is 5.77. The van der Waals surface area contributed by atoms with E-state index in [9.17, 15) is 9.18 Å². The lowest BCUT2D eigenvalue weighted by molar-refractivity contribution is 0.112. The van der Waals surface area contributed by atoms with Crippen LogP contribution in [0.25, 0.3) is 0 Å². The number of halogens is 1. The molecule has 2 nitrogen and oxygen atoms in total. The van der Waals surface area contributed by atoms with E-state index in [-0.39, 0.29) is 5.82 Å². The second kappa shape index (κ2) is 6.85. The van der Waals surface area contributed by atoms with Gasteiger partial charge in [-0.1, -0.05) is 31.5 Å². The lowest BCUT2D eigenvalue weighted by Gasteiger charge is -2.25. The minimum absolute atomic E-state index is 0.356. The SMILES string of the molecule is CCCCN(c1ccccc1)c1ccc(C=O)cc1F. The van der Waals surface area contributed by atoms with Gasteiger partial charge in [-0.25, -0.2) is 4.39 Å². The average molecular weight is 271 g/mol. The number of aldehydes is 1. The number of hydrogen-bond acceptors (Lipinski definition) is 2. The smallest absolute Gasteiger partial charge is 0.150 e. The van der Waals surface area contributed by atoms with Crippen molar-refractivity contribution in [3.05, 3.63) is 59.9 Å². The quantitative estimate of drug-likeness (QED) is 0.717. The van der Waals surface area contributed by atoms with E-state index in [1.54, 1.807) is 12.1 Å². The summed E-state index contributed by atoms with van der Waals surface area (Å²) < 4.78 is 14.2. The van der Waals surface area contributed by atoms with E-state index in [2.05, 4.69) is 6.92 Å². The van der Waals surface area contributed by atoms with Crippen molar-refractivity contribution in [2.75, 3.05) is 11.4 Å². The van der Waals surface area contributed by atoms with Gasteiger partial charge in [-0.05, 0) is 36.8 Å². The predicted molar refractivity (Wildman–Crippen MR) is 80.1 cm³/mol. The molecule has 0 aromatic heterocycles. The Hall–Kier alpha value is -2.16. The molecule has 3 heteroatoms. The topological polar surface area (TPSA) is 20.3 Å². The first kappa shape index (κ1) is 14.3. The monoisotopic (exact) mass is 271 g/mol. The first-order chi connectivity index (χ1) is 9.76. The molecule has 0 heterocycles. The third-order valence-electron chi connectivity index (χ3n) is 3.20. The van der Waals surface area contributed by atoms with Crippen LogP contribution in [0.5, 0.6) is 0 Å². The second-order valence-corrected chi connectivity index (χ2v) is 4.67. The maximum Gasteiger partial charge on any atom is 0.150 e. The van der Waals surface area contributed by atoms with Gasteiger partial charge in [0.25, 0.3) is 0 Å².